The van der Waals surface area contributed by atoms with Crippen molar-refractivity contribution in [2.45, 2.75) is 6.29 Å². The Balaban J connectivity index is 2.19. The first-order valence-corrected chi connectivity index (χ1v) is 5.40. The van der Waals surface area contributed by atoms with E-state index in [1.54, 1.807) is 12.1 Å². The first-order chi connectivity index (χ1) is 7.16. The predicted octanol–water partition coefficient (Wildman–Crippen LogP) is 1.46. The van der Waals surface area contributed by atoms with Crippen LogP contribution in [0.3, 0.4) is 0 Å². The molecule has 5 N–H and O–H groups in total. The van der Waals surface area contributed by atoms with Gasteiger partial charge >= 0.3 is 0 Å². The maximum atomic E-state index is 6.03. The number of anilines is 2. The molecule has 0 radical (unpaired) electrons. The largest absolute Gasteiger partial charge is 0.399 e. The molecule has 4 nitrogen and oxygen atoms in total. The fourth-order valence-corrected chi connectivity index (χ4v) is 2.10. The van der Waals surface area contributed by atoms with E-state index < -0.39 is 0 Å². The van der Waals surface area contributed by atoms with E-state index in [9.17, 15) is 0 Å². The van der Waals surface area contributed by atoms with Gasteiger partial charge in [-0.05, 0) is 12.1 Å². The number of hydrogen-bond acceptors (Lipinski definition) is 4. The Morgan fingerprint density at radius 2 is 1.73 bits per heavy atom. The molecule has 2 rings (SSSR count). The number of benzene rings is 1. The van der Waals surface area contributed by atoms with E-state index in [1.807, 2.05) is 0 Å². The Morgan fingerprint density at radius 1 is 1.20 bits per heavy atom. The van der Waals surface area contributed by atoms with E-state index in [1.165, 1.54) is 0 Å². The highest BCUT2D eigenvalue weighted by Crippen LogP contribution is 2.32. The molecule has 0 bridgehead atoms. The molecule has 1 aromatic carbocycles. The molecule has 0 unspecified atom stereocenters. The van der Waals surface area contributed by atoms with Crippen LogP contribution in [0.25, 0.3) is 0 Å². The summed E-state index contributed by atoms with van der Waals surface area (Å²) in [4.78, 5) is 0. The van der Waals surface area contributed by atoms with Gasteiger partial charge in [-0.15, -0.1) is 0 Å². The quantitative estimate of drug-likeness (QED) is 0.597. The molecule has 0 saturated carbocycles. The van der Waals surface area contributed by atoms with Crippen molar-refractivity contribution in [3.8, 4) is 0 Å². The summed E-state index contributed by atoms with van der Waals surface area (Å²) in [6, 6.07) is 3.34. The second-order valence-corrected chi connectivity index (χ2v) is 4.16. The summed E-state index contributed by atoms with van der Waals surface area (Å²) in [5, 5.41) is 10.6. The third-order valence-electron chi connectivity index (χ3n) is 2.18. The van der Waals surface area contributed by atoms with Crippen molar-refractivity contribution < 1.29 is 0 Å². The van der Waals surface area contributed by atoms with Crippen molar-refractivity contribution in [1.82, 2.24) is 10.6 Å². The van der Waals surface area contributed by atoms with E-state index in [0.717, 1.165) is 13.1 Å². The molecule has 1 aliphatic heterocycles. The lowest BCUT2D eigenvalue weighted by molar-refractivity contribution is 0.621. The lowest BCUT2D eigenvalue weighted by atomic mass is 10.3. The van der Waals surface area contributed by atoms with Crippen LogP contribution in [0, 0.1) is 0 Å². The number of nitrogens with one attached hydrogen (secondary N) is 3. The van der Waals surface area contributed by atoms with Crippen LogP contribution in [0.2, 0.25) is 10.0 Å². The van der Waals surface area contributed by atoms with E-state index >= 15 is 0 Å². The normalized spacial score (nSPS) is 16.9. The van der Waals surface area contributed by atoms with Crippen LogP contribution in [-0.2, 0) is 0 Å². The lowest BCUT2D eigenvalue weighted by Gasteiger charge is -2.17. The topological polar surface area (TPSA) is 62.1 Å². The van der Waals surface area contributed by atoms with E-state index in [4.69, 9.17) is 28.9 Å². The minimum Gasteiger partial charge on any atom is -0.399 e. The first kappa shape index (κ1) is 10.8. The summed E-state index contributed by atoms with van der Waals surface area (Å²) in [7, 11) is 0. The highest BCUT2D eigenvalue weighted by molar-refractivity contribution is 6.39. The third-order valence-corrected chi connectivity index (χ3v) is 2.77. The molecule has 1 aliphatic rings. The Morgan fingerprint density at radius 3 is 2.27 bits per heavy atom. The summed E-state index contributed by atoms with van der Waals surface area (Å²) in [6.07, 6.45) is 0.00336. The Kier molecular flexibility index (Phi) is 3.21. The molecule has 0 amide bonds. The zero-order chi connectivity index (χ0) is 10.8. The molecule has 1 fully saturated rings. The van der Waals surface area contributed by atoms with Crippen LogP contribution < -0.4 is 21.7 Å². The summed E-state index contributed by atoms with van der Waals surface area (Å²) < 4.78 is 0. The monoisotopic (exact) mass is 246 g/mol. The van der Waals surface area contributed by atoms with Crippen molar-refractivity contribution in [2.24, 2.45) is 0 Å². The Labute approximate surface area is 98.1 Å². The van der Waals surface area contributed by atoms with Gasteiger partial charge in [-0.1, -0.05) is 23.2 Å². The molecule has 1 aromatic rings. The van der Waals surface area contributed by atoms with Crippen molar-refractivity contribution in [3.63, 3.8) is 0 Å². The van der Waals surface area contributed by atoms with Crippen LogP contribution in [0.5, 0.6) is 0 Å². The molecule has 1 heterocycles. The fourth-order valence-electron chi connectivity index (χ4n) is 1.48. The highest BCUT2D eigenvalue weighted by Gasteiger charge is 2.15. The van der Waals surface area contributed by atoms with Gasteiger partial charge in [0.25, 0.3) is 0 Å². The molecule has 6 heteroatoms. The molecular weight excluding hydrogens is 235 g/mol. The molecule has 1 saturated heterocycles. The molecule has 0 aliphatic carbocycles. The van der Waals surface area contributed by atoms with E-state index in [-0.39, 0.29) is 6.29 Å². The van der Waals surface area contributed by atoms with Crippen LogP contribution in [0.15, 0.2) is 12.1 Å². The fraction of sp³-hybridized carbons (Fsp3) is 0.333. The SMILES string of the molecule is Nc1cc(Cl)c(NC2NCCN2)c(Cl)c1. The number of halogens is 2. The maximum absolute atomic E-state index is 6.03. The van der Waals surface area contributed by atoms with Crippen molar-refractivity contribution in [1.29, 1.82) is 0 Å². The number of nitrogen functional groups attached to an aromatic ring is 1. The van der Waals surface area contributed by atoms with Crippen LogP contribution >= 0.6 is 23.2 Å². The van der Waals surface area contributed by atoms with Gasteiger partial charge in [0.15, 0.2) is 0 Å². The van der Waals surface area contributed by atoms with Gasteiger partial charge in [-0.2, -0.15) is 0 Å². The van der Waals surface area contributed by atoms with Crippen LogP contribution in [-0.4, -0.2) is 19.4 Å². The summed E-state index contributed by atoms with van der Waals surface area (Å²) in [5.41, 5.74) is 6.86. The number of hydrogen-bond donors (Lipinski definition) is 4. The molecule has 0 spiro atoms. The number of rotatable bonds is 2. The minimum atomic E-state index is 0.00336. The maximum Gasteiger partial charge on any atom is 0.132 e. The van der Waals surface area contributed by atoms with Gasteiger partial charge < -0.3 is 11.1 Å². The summed E-state index contributed by atoms with van der Waals surface area (Å²) >= 11 is 12.1. The standard InChI is InChI=1S/C9H12Cl2N4/c10-6-3-5(12)4-7(11)8(6)15-9-13-1-2-14-9/h3-4,9,13-15H,1-2,12H2. The highest BCUT2D eigenvalue weighted by atomic mass is 35.5. The van der Waals surface area contributed by atoms with Gasteiger partial charge in [0, 0.05) is 18.8 Å². The predicted molar refractivity (Wildman–Crippen MR) is 64.3 cm³/mol. The van der Waals surface area contributed by atoms with Gasteiger partial charge in [0.1, 0.15) is 6.29 Å². The second-order valence-electron chi connectivity index (χ2n) is 3.35. The van der Waals surface area contributed by atoms with Crippen molar-refractivity contribution in [2.75, 3.05) is 24.1 Å². The number of nitrogens with two attached hydrogens (primary N) is 1. The van der Waals surface area contributed by atoms with Crippen molar-refractivity contribution in [3.05, 3.63) is 22.2 Å². The second kappa shape index (κ2) is 4.45. The van der Waals surface area contributed by atoms with Crippen molar-refractivity contribution >= 4 is 34.6 Å². The van der Waals surface area contributed by atoms with Gasteiger partial charge in [-0.3, -0.25) is 10.6 Å². The third kappa shape index (κ3) is 2.46. The zero-order valence-corrected chi connectivity index (χ0v) is 9.49. The molecule has 0 aromatic heterocycles. The van der Waals surface area contributed by atoms with Crippen LogP contribution in [0.1, 0.15) is 0 Å². The van der Waals surface area contributed by atoms with Gasteiger partial charge in [-0.25, -0.2) is 0 Å². The smallest absolute Gasteiger partial charge is 0.132 e. The zero-order valence-electron chi connectivity index (χ0n) is 7.98. The Hall–Kier alpha value is -0.680. The van der Waals surface area contributed by atoms with E-state index in [2.05, 4.69) is 16.0 Å². The Bertz CT molecular complexity index is 340. The van der Waals surface area contributed by atoms with E-state index in [0.29, 0.717) is 21.4 Å². The first-order valence-electron chi connectivity index (χ1n) is 4.64. The molecule has 15 heavy (non-hydrogen) atoms. The average molecular weight is 247 g/mol. The van der Waals surface area contributed by atoms with Crippen LogP contribution in [0.4, 0.5) is 11.4 Å². The molecule has 82 valence electrons. The van der Waals surface area contributed by atoms with Gasteiger partial charge in [0.2, 0.25) is 0 Å². The molecular formula is C9H12Cl2N4. The summed E-state index contributed by atoms with van der Waals surface area (Å²) in [5.74, 6) is 0. The lowest BCUT2D eigenvalue weighted by Crippen LogP contribution is -2.38. The summed E-state index contributed by atoms with van der Waals surface area (Å²) in [6.45, 7) is 1.84. The average Bonchev–Trinajstić information content (AvgIpc) is 2.63. The van der Waals surface area contributed by atoms with Gasteiger partial charge in [0.05, 0.1) is 15.7 Å². The minimum absolute atomic E-state index is 0.00336. The molecule has 0 atom stereocenters.